The number of anilines is 1. The molecule has 3 aromatic carbocycles. The largest absolute Gasteiger partial charge is 0.497 e. The fourth-order valence-corrected chi connectivity index (χ4v) is 4.46. The summed E-state index contributed by atoms with van der Waals surface area (Å²) in [5, 5.41) is 13.5. The first-order valence-electron chi connectivity index (χ1n) is 9.99. The summed E-state index contributed by atoms with van der Waals surface area (Å²) in [7, 11) is 1.65. The monoisotopic (exact) mass is 462 g/mol. The van der Waals surface area contributed by atoms with Crippen LogP contribution in [0.2, 0.25) is 5.02 Å². The highest BCUT2D eigenvalue weighted by molar-refractivity contribution is 7.98. The number of nitrogens with zero attached hydrogens (tertiary/aromatic N) is 3. The molecule has 2 heterocycles. The average molecular weight is 463 g/mol. The van der Waals surface area contributed by atoms with E-state index in [1.54, 1.807) is 7.11 Å². The van der Waals surface area contributed by atoms with Crippen molar-refractivity contribution in [3.05, 3.63) is 88.9 Å². The molecule has 0 bridgehead atoms. The normalized spacial score (nSPS) is 14.4. The number of fused-ring (bicyclic) bond motifs is 3. The minimum absolute atomic E-state index is 0.430. The smallest absolute Gasteiger partial charge is 0.247 e. The zero-order valence-corrected chi connectivity index (χ0v) is 18.7. The van der Waals surface area contributed by atoms with Crippen LogP contribution in [0.15, 0.2) is 78.0 Å². The number of thioether (sulfide) groups is 1. The van der Waals surface area contributed by atoms with Gasteiger partial charge in [0.1, 0.15) is 5.75 Å². The van der Waals surface area contributed by atoms with Gasteiger partial charge < -0.3 is 14.8 Å². The number of hydrogen-bond acceptors (Lipinski definition) is 7. The summed E-state index contributed by atoms with van der Waals surface area (Å²) in [5.41, 5.74) is 4.35. The Hall–Kier alpha value is -3.29. The second-order valence-corrected chi connectivity index (χ2v) is 8.44. The van der Waals surface area contributed by atoms with Gasteiger partial charge in [-0.15, -0.1) is 10.2 Å². The van der Waals surface area contributed by atoms with Gasteiger partial charge in [-0.1, -0.05) is 59.8 Å². The first kappa shape index (κ1) is 20.6. The molecule has 0 saturated heterocycles. The zero-order chi connectivity index (χ0) is 21.9. The van der Waals surface area contributed by atoms with E-state index < -0.39 is 6.23 Å². The van der Waals surface area contributed by atoms with E-state index in [-0.39, 0.29) is 0 Å². The van der Waals surface area contributed by atoms with E-state index in [0.29, 0.717) is 22.5 Å². The molecule has 32 heavy (non-hydrogen) atoms. The third-order valence-corrected chi connectivity index (χ3v) is 6.32. The summed E-state index contributed by atoms with van der Waals surface area (Å²) < 4.78 is 11.6. The summed E-state index contributed by atoms with van der Waals surface area (Å²) in [4.78, 5) is 4.69. The predicted octanol–water partition coefficient (Wildman–Crippen LogP) is 6.00. The summed E-state index contributed by atoms with van der Waals surface area (Å²) in [6.07, 6.45) is -0.443. The molecule has 0 amide bonds. The number of hydrogen-bond donors (Lipinski definition) is 1. The van der Waals surface area contributed by atoms with Crippen molar-refractivity contribution in [1.82, 2.24) is 15.2 Å². The fourth-order valence-electron chi connectivity index (χ4n) is 3.40. The first-order valence-corrected chi connectivity index (χ1v) is 11.3. The molecular weight excluding hydrogens is 444 g/mol. The highest BCUT2D eigenvalue weighted by atomic mass is 35.5. The molecule has 0 saturated carbocycles. The zero-order valence-electron chi connectivity index (χ0n) is 17.2. The second kappa shape index (κ2) is 9.06. The molecule has 1 atom stereocenters. The maximum atomic E-state index is 6.31. The summed E-state index contributed by atoms with van der Waals surface area (Å²) in [6.45, 7) is 0. The minimum Gasteiger partial charge on any atom is -0.497 e. The van der Waals surface area contributed by atoms with E-state index in [4.69, 9.17) is 21.1 Å². The van der Waals surface area contributed by atoms with Crippen molar-refractivity contribution < 1.29 is 9.47 Å². The van der Waals surface area contributed by atoms with Gasteiger partial charge in [0.2, 0.25) is 11.0 Å². The van der Waals surface area contributed by atoms with Gasteiger partial charge in [0.15, 0.2) is 11.9 Å². The van der Waals surface area contributed by atoms with Gasteiger partial charge in [0.25, 0.3) is 0 Å². The molecule has 0 fully saturated rings. The highest BCUT2D eigenvalue weighted by Gasteiger charge is 2.26. The molecule has 0 aliphatic carbocycles. The molecule has 6 nitrogen and oxygen atoms in total. The van der Waals surface area contributed by atoms with Crippen LogP contribution in [0.25, 0.3) is 11.3 Å². The van der Waals surface area contributed by atoms with E-state index in [0.717, 1.165) is 33.1 Å². The Morgan fingerprint density at radius 1 is 1.00 bits per heavy atom. The topological polar surface area (TPSA) is 69.2 Å². The van der Waals surface area contributed by atoms with Crippen molar-refractivity contribution >= 4 is 29.1 Å². The van der Waals surface area contributed by atoms with Crippen LogP contribution in [0, 0.1) is 0 Å². The molecule has 160 valence electrons. The molecule has 0 radical (unpaired) electrons. The maximum absolute atomic E-state index is 6.31. The lowest BCUT2D eigenvalue weighted by atomic mass is 10.1. The lowest BCUT2D eigenvalue weighted by molar-refractivity contribution is 0.225. The van der Waals surface area contributed by atoms with E-state index in [9.17, 15) is 0 Å². The fraction of sp³-hybridized carbons (Fsp3) is 0.125. The van der Waals surface area contributed by atoms with Crippen LogP contribution in [-0.4, -0.2) is 22.3 Å². The third kappa shape index (κ3) is 4.22. The third-order valence-electron chi connectivity index (χ3n) is 5.07. The predicted molar refractivity (Wildman–Crippen MR) is 126 cm³/mol. The van der Waals surface area contributed by atoms with Crippen LogP contribution in [0.1, 0.15) is 17.4 Å². The van der Waals surface area contributed by atoms with Gasteiger partial charge in [-0.05, 0) is 42.0 Å². The first-order chi connectivity index (χ1) is 15.7. The number of nitrogens with one attached hydrogen (secondary N) is 1. The maximum Gasteiger partial charge on any atom is 0.247 e. The van der Waals surface area contributed by atoms with Gasteiger partial charge in [-0.3, -0.25) is 0 Å². The van der Waals surface area contributed by atoms with E-state index in [1.807, 2.05) is 72.8 Å². The second-order valence-electron chi connectivity index (χ2n) is 7.09. The van der Waals surface area contributed by atoms with Crippen LogP contribution in [0.5, 0.6) is 11.6 Å². The number of ether oxygens (including phenoxy) is 2. The minimum atomic E-state index is -0.443. The van der Waals surface area contributed by atoms with Crippen LogP contribution in [0.4, 0.5) is 5.69 Å². The number of methoxy groups -OCH3 is 1. The lowest BCUT2D eigenvalue weighted by Gasteiger charge is -2.19. The van der Waals surface area contributed by atoms with Gasteiger partial charge in [-0.25, -0.2) is 0 Å². The molecule has 0 spiro atoms. The molecule has 4 aromatic rings. The average Bonchev–Trinajstić information content (AvgIpc) is 3.00. The van der Waals surface area contributed by atoms with Crippen molar-refractivity contribution in [2.75, 3.05) is 12.4 Å². The molecule has 1 aromatic heterocycles. The molecule has 1 N–H and O–H groups in total. The van der Waals surface area contributed by atoms with Gasteiger partial charge in [0.05, 0.1) is 7.11 Å². The van der Waals surface area contributed by atoms with E-state index in [2.05, 4.69) is 20.5 Å². The van der Waals surface area contributed by atoms with Gasteiger partial charge >= 0.3 is 0 Å². The molecular formula is C24H19ClN4O2S. The summed E-state index contributed by atoms with van der Waals surface area (Å²) in [6, 6.07) is 23.4. The number of rotatable bonds is 5. The molecule has 1 aliphatic heterocycles. The Bertz CT molecular complexity index is 1250. The van der Waals surface area contributed by atoms with Crippen LogP contribution >= 0.6 is 23.4 Å². The van der Waals surface area contributed by atoms with Crippen LogP contribution < -0.4 is 14.8 Å². The van der Waals surface area contributed by atoms with Crippen molar-refractivity contribution in [2.24, 2.45) is 0 Å². The lowest BCUT2D eigenvalue weighted by Crippen LogP contribution is -2.17. The van der Waals surface area contributed by atoms with Crippen molar-refractivity contribution in [2.45, 2.75) is 17.1 Å². The Kier molecular flexibility index (Phi) is 5.83. The Balaban J connectivity index is 1.48. The van der Waals surface area contributed by atoms with Crippen molar-refractivity contribution in [3.63, 3.8) is 0 Å². The van der Waals surface area contributed by atoms with E-state index in [1.165, 1.54) is 11.8 Å². The molecule has 1 unspecified atom stereocenters. The molecule has 1 aliphatic rings. The summed E-state index contributed by atoms with van der Waals surface area (Å²) in [5.74, 6) is 1.85. The van der Waals surface area contributed by atoms with E-state index >= 15 is 0 Å². The summed E-state index contributed by atoms with van der Waals surface area (Å²) >= 11 is 7.74. The van der Waals surface area contributed by atoms with Gasteiger partial charge in [-0.2, -0.15) is 4.98 Å². The van der Waals surface area contributed by atoms with Crippen LogP contribution in [0.3, 0.4) is 0 Å². The standard InChI is InChI=1S/C24H19ClN4O2S/c1-30-17-12-10-15(11-13-17)22-26-20-9-5-3-7-18(20)21-23(31-22)27-24(29-28-21)32-14-16-6-2-4-8-19(16)25/h2-13,22,26H,14H2,1H3. The Labute approximate surface area is 195 Å². The number of halogens is 1. The molecule has 5 rings (SSSR count). The number of para-hydroxylation sites is 1. The number of aromatic nitrogens is 3. The Morgan fingerprint density at radius 2 is 1.78 bits per heavy atom. The quantitative estimate of drug-likeness (QED) is 0.365. The van der Waals surface area contributed by atoms with Gasteiger partial charge in [0, 0.05) is 27.6 Å². The van der Waals surface area contributed by atoms with Crippen LogP contribution in [-0.2, 0) is 5.75 Å². The van der Waals surface area contributed by atoms with Crippen molar-refractivity contribution in [1.29, 1.82) is 0 Å². The SMILES string of the molecule is COc1ccc(C2Nc3ccccc3-c3nnc(SCc4ccccc4Cl)nc3O2)cc1. The van der Waals surface area contributed by atoms with Crippen molar-refractivity contribution in [3.8, 4) is 22.9 Å². The molecule has 8 heteroatoms. The number of benzene rings is 3. The highest BCUT2D eigenvalue weighted by Crippen LogP contribution is 2.39. The Morgan fingerprint density at radius 3 is 2.59 bits per heavy atom.